The number of anilines is 1. The molecule has 0 aliphatic heterocycles. The Hall–Kier alpha value is -2.08. The zero-order chi connectivity index (χ0) is 16.4. The summed E-state index contributed by atoms with van der Waals surface area (Å²) in [5.74, 6) is -0.402. The van der Waals surface area contributed by atoms with Crippen LogP contribution in [0.25, 0.3) is 5.69 Å². The summed E-state index contributed by atoms with van der Waals surface area (Å²) in [4.78, 5) is 16.4. The second-order valence-electron chi connectivity index (χ2n) is 4.56. The minimum absolute atomic E-state index is 0.191. The maximum absolute atomic E-state index is 12.5. The number of hydrogen-bond acceptors (Lipinski definition) is 3. The van der Waals surface area contributed by atoms with Crippen LogP contribution < -0.4 is 5.32 Å². The average Bonchev–Trinajstić information content (AvgIpc) is 3.04. The smallest absolute Gasteiger partial charge is 0.257 e. The Morgan fingerprint density at radius 2 is 1.96 bits per heavy atom. The van der Waals surface area contributed by atoms with E-state index in [0.29, 0.717) is 21.4 Å². The molecule has 5 nitrogen and oxygen atoms in total. The predicted molar refractivity (Wildman–Crippen MR) is 90.8 cm³/mol. The molecule has 2 aromatic carbocycles. The molecule has 0 saturated heterocycles. The Kier molecular flexibility index (Phi) is 4.52. The van der Waals surface area contributed by atoms with E-state index in [9.17, 15) is 4.79 Å². The van der Waals surface area contributed by atoms with E-state index in [4.69, 9.17) is 34.8 Å². The minimum atomic E-state index is -0.402. The summed E-state index contributed by atoms with van der Waals surface area (Å²) in [5, 5.41) is 7.79. The molecule has 0 unspecified atom stereocenters. The molecule has 1 heterocycles. The van der Waals surface area contributed by atoms with E-state index >= 15 is 0 Å². The summed E-state index contributed by atoms with van der Waals surface area (Å²) < 4.78 is 1.52. The van der Waals surface area contributed by atoms with Crippen LogP contribution in [0.2, 0.25) is 15.1 Å². The van der Waals surface area contributed by atoms with E-state index in [1.54, 1.807) is 36.4 Å². The van der Waals surface area contributed by atoms with Gasteiger partial charge in [-0.15, -0.1) is 0 Å². The first-order valence-corrected chi connectivity index (χ1v) is 7.59. The largest absolute Gasteiger partial charge is 0.320 e. The minimum Gasteiger partial charge on any atom is -0.320 e. The summed E-state index contributed by atoms with van der Waals surface area (Å²) in [5.41, 5.74) is 1.37. The summed E-state index contributed by atoms with van der Waals surface area (Å²) in [6.45, 7) is 0. The highest BCUT2D eigenvalue weighted by Gasteiger charge is 2.15. The summed E-state index contributed by atoms with van der Waals surface area (Å²) in [6.07, 6.45) is 2.92. The van der Waals surface area contributed by atoms with Gasteiger partial charge in [-0.25, -0.2) is 9.67 Å². The van der Waals surface area contributed by atoms with Crippen molar-refractivity contribution < 1.29 is 4.79 Å². The van der Waals surface area contributed by atoms with Crippen molar-refractivity contribution >= 4 is 46.4 Å². The molecule has 0 aliphatic rings. The fourth-order valence-corrected chi connectivity index (χ4v) is 2.57. The number of nitrogens with zero attached hydrogens (tertiary/aromatic N) is 3. The van der Waals surface area contributed by atoms with Crippen LogP contribution in [-0.2, 0) is 0 Å². The van der Waals surface area contributed by atoms with Crippen molar-refractivity contribution in [1.82, 2.24) is 14.8 Å². The maximum atomic E-state index is 12.5. The van der Waals surface area contributed by atoms with Crippen LogP contribution in [-0.4, -0.2) is 20.7 Å². The van der Waals surface area contributed by atoms with Crippen molar-refractivity contribution in [2.75, 3.05) is 5.32 Å². The van der Waals surface area contributed by atoms with Crippen LogP contribution in [0.1, 0.15) is 10.4 Å². The van der Waals surface area contributed by atoms with Crippen molar-refractivity contribution in [1.29, 1.82) is 0 Å². The summed E-state index contributed by atoms with van der Waals surface area (Å²) in [7, 11) is 0. The number of amides is 1. The lowest BCUT2D eigenvalue weighted by Crippen LogP contribution is -2.14. The van der Waals surface area contributed by atoms with Gasteiger partial charge in [-0.3, -0.25) is 4.79 Å². The van der Waals surface area contributed by atoms with Gasteiger partial charge in [0.25, 0.3) is 5.91 Å². The summed E-state index contributed by atoms with van der Waals surface area (Å²) >= 11 is 18.0. The number of rotatable bonds is 3. The average molecular weight is 368 g/mol. The number of nitrogens with one attached hydrogen (secondary N) is 1. The predicted octanol–water partition coefficient (Wildman–Crippen LogP) is 4.48. The molecule has 0 spiro atoms. The van der Waals surface area contributed by atoms with Gasteiger partial charge in [0.05, 0.1) is 27.0 Å². The van der Waals surface area contributed by atoms with E-state index < -0.39 is 5.91 Å². The van der Waals surface area contributed by atoms with Gasteiger partial charge in [0.1, 0.15) is 12.7 Å². The van der Waals surface area contributed by atoms with Crippen molar-refractivity contribution in [3.05, 3.63) is 69.7 Å². The quantitative estimate of drug-likeness (QED) is 0.742. The second-order valence-corrected chi connectivity index (χ2v) is 5.78. The molecule has 116 valence electrons. The molecular formula is C15H9Cl3N4O. The lowest BCUT2D eigenvalue weighted by atomic mass is 10.2. The SMILES string of the molecule is O=C(Nc1cc(Cl)ccc1-n1cncn1)c1cccc(Cl)c1Cl. The Labute approximate surface area is 146 Å². The van der Waals surface area contributed by atoms with E-state index in [1.807, 2.05) is 0 Å². The van der Waals surface area contributed by atoms with Crippen LogP contribution in [0.5, 0.6) is 0 Å². The van der Waals surface area contributed by atoms with Crippen molar-refractivity contribution in [3.63, 3.8) is 0 Å². The van der Waals surface area contributed by atoms with Crippen LogP contribution in [0, 0.1) is 0 Å². The van der Waals surface area contributed by atoms with Gasteiger partial charge < -0.3 is 5.32 Å². The molecule has 0 radical (unpaired) electrons. The zero-order valence-corrected chi connectivity index (χ0v) is 13.8. The van der Waals surface area contributed by atoms with Crippen molar-refractivity contribution in [2.45, 2.75) is 0 Å². The fraction of sp³-hybridized carbons (Fsp3) is 0. The normalized spacial score (nSPS) is 10.6. The Balaban J connectivity index is 1.98. The molecule has 1 aromatic heterocycles. The van der Waals surface area contributed by atoms with Crippen molar-refractivity contribution in [2.24, 2.45) is 0 Å². The monoisotopic (exact) mass is 366 g/mol. The highest BCUT2D eigenvalue weighted by molar-refractivity contribution is 6.44. The molecule has 0 atom stereocenters. The first kappa shape index (κ1) is 15.8. The van der Waals surface area contributed by atoms with Gasteiger partial charge in [-0.2, -0.15) is 5.10 Å². The molecule has 1 N–H and O–H groups in total. The number of benzene rings is 2. The fourth-order valence-electron chi connectivity index (χ4n) is 2.01. The lowest BCUT2D eigenvalue weighted by molar-refractivity contribution is 0.102. The van der Waals surface area contributed by atoms with Gasteiger partial charge in [0.15, 0.2) is 0 Å². The Morgan fingerprint density at radius 1 is 1.13 bits per heavy atom. The number of aromatic nitrogens is 3. The van der Waals surface area contributed by atoms with Crippen LogP contribution in [0.15, 0.2) is 49.1 Å². The molecular weight excluding hydrogens is 359 g/mol. The second kappa shape index (κ2) is 6.58. The van der Waals surface area contributed by atoms with Gasteiger partial charge in [0.2, 0.25) is 0 Å². The molecule has 0 saturated carbocycles. The molecule has 3 aromatic rings. The van der Waals surface area contributed by atoms with Gasteiger partial charge in [0, 0.05) is 5.02 Å². The Bertz CT molecular complexity index is 865. The molecule has 3 rings (SSSR count). The van der Waals surface area contributed by atoms with E-state index in [-0.39, 0.29) is 10.6 Å². The highest BCUT2D eigenvalue weighted by atomic mass is 35.5. The molecule has 8 heteroatoms. The van der Waals surface area contributed by atoms with E-state index in [1.165, 1.54) is 17.3 Å². The lowest BCUT2D eigenvalue weighted by Gasteiger charge is -2.12. The Morgan fingerprint density at radius 3 is 2.70 bits per heavy atom. The first-order chi connectivity index (χ1) is 11.1. The third-order valence-electron chi connectivity index (χ3n) is 3.07. The third kappa shape index (κ3) is 3.32. The van der Waals surface area contributed by atoms with Crippen LogP contribution in [0.4, 0.5) is 5.69 Å². The standard InChI is InChI=1S/C15H9Cl3N4O/c16-9-4-5-13(22-8-19-7-20-22)12(6-9)21-15(23)10-2-1-3-11(17)14(10)18/h1-8H,(H,21,23). The number of halogens is 3. The number of carbonyl (C=O) groups excluding carboxylic acids is 1. The highest BCUT2D eigenvalue weighted by Crippen LogP contribution is 2.28. The molecule has 0 aliphatic carbocycles. The molecule has 0 bridgehead atoms. The molecule has 23 heavy (non-hydrogen) atoms. The van der Waals surface area contributed by atoms with E-state index in [2.05, 4.69) is 15.4 Å². The van der Waals surface area contributed by atoms with Crippen molar-refractivity contribution in [3.8, 4) is 5.69 Å². The van der Waals surface area contributed by atoms with E-state index in [0.717, 1.165) is 0 Å². The van der Waals surface area contributed by atoms with Crippen LogP contribution >= 0.6 is 34.8 Å². The number of carbonyl (C=O) groups is 1. The summed E-state index contributed by atoms with van der Waals surface area (Å²) in [6, 6.07) is 9.89. The molecule has 0 fully saturated rings. The van der Waals surface area contributed by atoms with Gasteiger partial charge in [-0.1, -0.05) is 40.9 Å². The van der Waals surface area contributed by atoms with Crippen LogP contribution in [0.3, 0.4) is 0 Å². The maximum Gasteiger partial charge on any atom is 0.257 e. The number of hydrogen-bond donors (Lipinski definition) is 1. The third-order valence-corrected chi connectivity index (χ3v) is 4.12. The zero-order valence-electron chi connectivity index (χ0n) is 11.5. The topological polar surface area (TPSA) is 59.8 Å². The van der Waals surface area contributed by atoms with Gasteiger partial charge in [-0.05, 0) is 30.3 Å². The first-order valence-electron chi connectivity index (χ1n) is 6.46. The van der Waals surface area contributed by atoms with Gasteiger partial charge >= 0.3 is 0 Å². The molecule has 1 amide bonds.